The van der Waals surface area contributed by atoms with E-state index in [0.29, 0.717) is 5.92 Å². The standard InChI is InChI=1S/C9H20N2O2S/c1-7(14(2,12)13)9(11-10)6-8-4-3-5-8/h7-9,11H,3-6,10H2,1-2H3. The molecule has 0 bridgehead atoms. The first-order chi connectivity index (χ1) is 6.45. The van der Waals surface area contributed by atoms with Crippen molar-refractivity contribution in [2.75, 3.05) is 6.26 Å². The summed E-state index contributed by atoms with van der Waals surface area (Å²) < 4.78 is 22.6. The Bertz CT molecular complexity index is 273. The van der Waals surface area contributed by atoms with Crippen molar-refractivity contribution in [3.05, 3.63) is 0 Å². The largest absolute Gasteiger partial charge is 0.271 e. The molecule has 2 unspecified atom stereocenters. The number of sulfone groups is 1. The van der Waals surface area contributed by atoms with Gasteiger partial charge in [-0.3, -0.25) is 11.3 Å². The highest BCUT2D eigenvalue weighted by molar-refractivity contribution is 7.91. The van der Waals surface area contributed by atoms with Crippen LogP contribution in [-0.4, -0.2) is 26.0 Å². The molecular formula is C9H20N2O2S. The van der Waals surface area contributed by atoms with Crippen LogP contribution < -0.4 is 11.3 Å². The van der Waals surface area contributed by atoms with Crippen LogP contribution in [0.15, 0.2) is 0 Å². The Morgan fingerprint density at radius 3 is 2.36 bits per heavy atom. The number of rotatable bonds is 5. The van der Waals surface area contributed by atoms with Crippen LogP contribution in [0.5, 0.6) is 0 Å². The lowest BCUT2D eigenvalue weighted by atomic mass is 9.80. The predicted octanol–water partition coefficient (Wildman–Crippen LogP) is 0.442. The number of nitrogens with two attached hydrogens (primary N) is 1. The molecule has 14 heavy (non-hydrogen) atoms. The number of nitrogens with one attached hydrogen (secondary N) is 1. The summed E-state index contributed by atoms with van der Waals surface area (Å²) in [5.74, 6) is 6.05. The highest BCUT2D eigenvalue weighted by Gasteiger charge is 2.29. The van der Waals surface area contributed by atoms with Gasteiger partial charge in [-0.2, -0.15) is 0 Å². The Morgan fingerprint density at radius 2 is 2.07 bits per heavy atom. The molecule has 1 aliphatic carbocycles. The fraction of sp³-hybridized carbons (Fsp3) is 1.00. The Labute approximate surface area is 86.1 Å². The first-order valence-corrected chi connectivity index (χ1v) is 7.05. The van der Waals surface area contributed by atoms with Crippen molar-refractivity contribution in [2.24, 2.45) is 11.8 Å². The summed E-state index contributed by atoms with van der Waals surface area (Å²) in [6, 6.07) is -0.102. The molecule has 0 aromatic heterocycles. The van der Waals surface area contributed by atoms with Crippen LogP contribution in [-0.2, 0) is 9.84 Å². The highest BCUT2D eigenvalue weighted by atomic mass is 32.2. The second-order valence-corrected chi connectivity index (χ2v) is 6.74. The van der Waals surface area contributed by atoms with Gasteiger partial charge in [0.05, 0.1) is 5.25 Å². The highest BCUT2D eigenvalue weighted by Crippen LogP contribution is 2.31. The summed E-state index contributed by atoms with van der Waals surface area (Å²) in [7, 11) is -2.99. The van der Waals surface area contributed by atoms with Gasteiger partial charge >= 0.3 is 0 Å². The van der Waals surface area contributed by atoms with Crippen molar-refractivity contribution < 1.29 is 8.42 Å². The van der Waals surface area contributed by atoms with Crippen molar-refractivity contribution in [2.45, 2.75) is 43.9 Å². The summed E-state index contributed by atoms with van der Waals surface area (Å²) in [4.78, 5) is 0. The van der Waals surface area contributed by atoms with Crippen LogP contribution in [0, 0.1) is 5.92 Å². The third-order valence-electron chi connectivity index (χ3n) is 3.27. The van der Waals surface area contributed by atoms with E-state index in [0.717, 1.165) is 6.42 Å². The van der Waals surface area contributed by atoms with Gasteiger partial charge in [-0.1, -0.05) is 19.3 Å². The molecule has 1 fully saturated rings. The normalized spacial score (nSPS) is 22.8. The van der Waals surface area contributed by atoms with Gasteiger partial charge in [0.1, 0.15) is 0 Å². The summed E-state index contributed by atoms with van der Waals surface area (Å²) >= 11 is 0. The second-order valence-electron chi connectivity index (χ2n) is 4.34. The van der Waals surface area contributed by atoms with E-state index in [2.05, 4.69) is 5.43 Å². The molecule has 2 atom stereocenters. The quantitative estimate of drug-likeness (QED) is 0.521. The molecule has 0 aromatic rings. The maximum absolute atomic E-state index is 11.3. The molecule has 3 N–H and O–H groups in total. The van der Waals surface area contributed by atoms with Crippen LogP contribution in [0.2, 0.25) is 0 Å². The molecular weight excluding hydrogens is 200 g/mol. The smallest absolute Gasteiger partial charge is 0.151 e. The van der Waals surface area contributed by atoms with Gasteiger partial charge in [0.15, 0.2) is 9.84 Å². The minimum absolute atomic E-state index is 0.102. The van der Waals surface area contributed by atoms with Gasteiger partial charge in [-0.15, -0.1) is 0 Å². The Balaban J connectivity index is 2.51. The fourth-order valence-corrected chi connectivity index (χ4v) is 2.57. The molecule has 0 heterocycles. The van der Waals surface area contributed by atoms with E-state index < -0.39 is 15.1 Å². The molecule has 0 radical (unpaired) electrons. The third kappa shape index (κ3) is 2.93. The summed E-state index contributed by atoms with van der Waals surface area (Å²) in [5.41, 5.74) is 2.63. The summed E-state index contributed by atoms with van der Waals surface area (Å²) in [5, 5.41) is -0.395. The fourth-order valence-electron chi connectivity index (χ4n) is 1.78. The van der Waals surface area contributed by atoms with Gasteiger partial charge in [0.2, 0.25) is 0 Å². The van der Waals surface area contributed by atoms with E-state index in [-0.39, 0.29) is 6.04 Å². The van der Waals surface area contributed by atoms with E-state index in [1.165, 1.54) is 25.5 Å². The Kier molecular flexibility index (Phi) is 3.92. The number of hydrazine groups is 1. The van der Waals surface area contributed by atoms with Crippen LogP contribution in [0.1, 0.15) is 32.6 Å². The van der Waals surface area contributed by atoms with Crippen molar-refractivity contribution in [1.29, 1.82) is 0 Å². The van der Waals surface area contributed by atoms with Gasteiger partial charge in [0, 0.05) is 12.3 Å². The monoisotopic (exact) mass is 220 g/mol. The molecule has 0 aliphatic heterocycles. The van der Waals surface area contributed by atoms with Crippen LogP contribution in [0.25, 0.3) is 0 Å². The van der Waals surface area contributed by atoms with Crippen LogP contribution in [0.3, 0.4) is 0 Å². The van der Waals surface area contributed by atoms with Crippen molar-refractivity contribution in [3.63, 3.8) is 0 Å². The average molecular weight is 220 g/mol. The first-order valence-electron chi connectivity index (χ1n) is 5.10. The average Bonchev–Trinajstić information content (AvgIpc) is 2.00. The molecule has 0 spiro atoms. The topological polar surface area (TPSA) is 72.2 Å². The lowest BCUT2D eigenvalue weighted by Crippen LogP contribution is -2.47. The van der Waals surface area contributed by atoms with Gasteiger partial charge in [-0.25, -0.2) is 8.42 Å². The molecule has 4 nitrogen and oxygen atoms in total. The summed E-state index contributed by atoms with van der Waals surface area (Å²) in [6.07, 6.45) is 5.85. The van der Waals surface area contributed by atoms with E-state index >= 15 is 0 Å². The van der Waals surface area contributed by atoms with Crippen molar-refractivity contribution >= 4 is 9.84 Å². The minimum atomic E-state index is -2.99. The lowest BCUT2D eigenvalue weighted by Gasteiger charge is -2.31. The second kappa shape index (κ2) is 4.59. The number of hydrogen-bond donors (Lipinski definition) is 2. The Hall–Kier alpha value is -0.130. The van der Waals surface area contributed by atoms with Crippen LogP contribution >= 0.6 is 0 Å². The molecule has 0 amide bonds. The third-order valence-corrected chi connectivity index (χ3v) is 4.95. The molecule has 1 rings (SSSR count). The molecule has 1 saturated carbocycles. The zero-order valence-corrected chi connectivity index (χ0v) is 9.68. The van der Waals surface area contributed by atoms with E-state index in [4.69, 9.17) is 5.84 Å². The molecule has 1 aliphatic rings. The van der Waals surface area contributed by atoms with E-state index in [1.54, 1.807) is 6.92 Å². The maximum atomic E-state index is 11.3. The zero-order valence-electron chi connectivity index (χ0n) is 8.86. The van der Waals surface area contributed by atoms with E-state index in [1.807, 2.05) is 0 Å². The first kappa shape index (κ1) is 11.9. The lowest BCUT2D eigenvalue weighted by molar-refractivity contribution is 0.258. The van der Waals surface area contributed by atoms with Gasteiger partial charge < -0.3 is 0 Å². The number of hydrogen-bond acceptors (Lipinski definition) is 4. The van der Waals surface area contributed by atoms with Crippen molar-refractivity contribution in [1.82, 2.24) is 5.43 Å². The predicted molar refractivity (Wildman–Crippen MR) is 57.4 cm³/mol. The summed E-state index contributed by atoms with van der Waals surface area (Å²) in [6.45, 7) is 1.72. The molecule has 0 aromatic carbocycles. The Morgan fingerprint density at radius 1 is 1.50 bits per heavy atom. The SMILES string of the molecule is CC(C(CC1CCC1)NN)S(C)(=O)=O. The van der Waals surface area contributed by atoms with Gasteiger partial charge in [0.25, 0.3) is 0 Å². The zero-order chi connectivity index (χ0) is 10.8. The van der Waals surface area contributed by atoms with Gasteiger partial charge in [-0.05, 0) is 19.3 Å². The molecule has 0 saturated heterocycles. The van der Waals surface area contributed by atoms with Crippen LogP contribution in [0.4, 0.5) is 0 Å². The van der Waals surface area contributed by atoms with Crippen molar-refractivity contribution in [3.8, 4) is 0 Å². The minimum Gasteiger partial charge on any atom is -0.271 e. The maximum Gasteiger partial charge on any atom is 0.151 e. The molecule has 5 heteroatoms. The molecule has 84 valence electrons. The van der Waals surface area contributed by atoms with E-state index in [9.17, 15) is 8.42 Å².